The van der Waals surface area contributed by atoms with Crippen molar-refractivity contribution in [3.05, 3.63) is 34.4 Å². The molecule has 0 aliphatic heterocycles. The Bertz CT molecular complexity index is 862. The molecule has 0 spiro atoms. The predicted molar refractivity (Wildman–Crippen MR) is 110 cm³/mol. The van der Waals surface area contributed by atoms with Crippen molar-refractivity contribution >= 4 is 0 Å². The van der Waals surface area contributed by atoms with Gasteiger partial charge < -0.3 is 24.8 Å². The van der Waals surface area contributed by atoms with Gasteiger partial charge in [-0.3, -0.25) is 0 Å². The van der Waals surface area contributed by atoms with Crippen LogP contribution < -0.4 is 5.63 Å². The molecule has 0 radical (unpaired) electrons. The van der Waals surface area contributed by atoms with Crippen molar-refractivity contribution in [2.75, 3.05) is 0 Å². The third kappa shape index (κ3) is 2.54. The van der Waals surface area contributed by atoms with Gasteiger partial charge in [0, 0.05) is 17.4 Å². The first-order chi connectivity index (χ1) is 14.1. The number of rotatable bonds is 1. The Morgan fingerprint density at radius 3 is 2.50 bits per heavy atom. The van der Waals surface area contributed by atoms with Crippen molar-refractivity contribution in [2.45, 2.75) is 88.6 Å². The highest BCUT2D eigenvalue weighted by Gasteiger charge is 2.70. The van der Waals surface area contributed by atoms with Crippen molar-refractivity contribution in [1.82, 2.24) is 0 Å². The first kappa shape index (κ1) is 20.7. The molecule has 10 atom stereocenters. The molecule has 0 aromatic carbocycles. The minimum atomic E-state index is -1.04. The standard InChI is InChI=1S/C24H34O6/c1-22-7-5-17-21(18(26)10-14-9-15(25)11-19(27)23(14,17)2)24(22,29)8-6-16(22)13-3-4-20(28)30-12-13/h3-4,12,14-19,21,25-27,29H,5-11H2,1-2H3/t14-,15+,16+,17-,18?,19+,21?,22+,23-,24-/m0/s1. The normalized spacial score (nSPS) is 52.9. The van der Waals surface area contributed by atoms with Gasteiger partial charge in [0.15, 0.2) is 0 Å². The molecule has 0 amide bonds. The van der Waals surface area contributed by atoms with Crippen LogP contribution in [0.15, 0.2) is 27.6 Å². The molecule has 4 N–H and O–H groups in total. The van der Waals surface area contributed by atoms with Gasteiger partial charge >= 0.3 is 5.63 Å². The molecule has 1 aromatic heterocycles. The van der Waals surface area contributed by atoms with Crippen LogP contribution in [0.1, 0.15) is 70.3 Å². The molecule has 1 heterocycles. The topological polar surface area (TPSA) is 111 Å². The first-order valence-corrected chi connectivity index (χ1v) is 11.5. The Hall–Kier alpha value is -1.21. The van der Waals surface area contributed by atoms with Crippen LogP contribution in [0.4, 0.5) is 0 Å². The molecule has 0 bridgehead atoms. The lowest BCUT2D eigenvalue weighted by atomic mass is 9.42. The number of hydrogen-bond donors (Lipinski definition) is 4. The Morgan fingerprint density at radius 2 is 1.80 bits per heavy atom. The fourth-order valence-corrected chi connectivity index (χ4v) is 8.36. The summed E-state index contributed by atoms with van der Waals surface area (Å²) in [6.45, 7) is 4.23. The average Bonchev–Trinajstić information content (AvgIpc) is 2.96. The molecule has 5 rings (SSSR count). The van der Waals surface area contributed by atoms with Crippen LogP contribution in [0, 0.1) is 28.6 Å². The maximum absolute atomic E-state index is 12.2. The summed E-state index contributed by atoms with van der Waals surface area (Å²) in [5, 5.41) is 44.7. The second kappa shape index (κ2) is 6.64. The molecular formula is C24H34O6. The van der Waals surface area contributed by atoms with Crippen LogP contribution in [-0.4, -0.2) is 44.3 Å². The molecule has 4 fully saturated rings. The third-order valence-electron chi connectivity index (χ3n) is 10.0. The number of hydrogen-bond acceptors (Lipinski definition) is 6. The van der Waals surface area contributed by atoms with Crippen LogP contribution in [0.5, 0.6) is 0 Å². The van der Waals surface area contributed by atoms with Crippen LogP contribution in [-0.2, 0) is 0 Å². The summed E-state index contributed by atoms with van der Waals surface area (Å²) in [6.07, 6.45) is 4.19. The molecule has 2 unspecified atom stereocenters. The van der Waals surface area contributed by atoms with Crippen molar-refractivity contribution in [3.8, 4) is 0 Å². The summed E-state index contributed by atoms with van der Waals surface area (Å²) < 4.78 is 5.12. The number of aliphatic hydroxyl groups is 4. The van der Waals surface area contributed by atoms with Crippen molar-refractivity contribution in [2.24, 2.45) is 28.6 Å². The summed E-state index contributed by atoms with van der Waals surface area (Å²) in [5.74, 6) is -0.174. The van der Waals surface area contributed by atoms with Crippen LogP contribution in [0.2, 0.25) is 0 Å². The number of fused-ring (bicyclic) bond motifs is 5. The molecule has 0 saturated heterocycles. The Labute approximate surface area is 176 Å². The predicted octanol–water partition coefficient (Wildman–Crippen LogP) is 2.18. The molecule has 1 aromatic rings. The van der Waals surface area contributed by atoms with E-state index in [0.29, 0.717) is 25.7 Å². The van der Waals surface area contributed by atoms with E-state index in [-0.39, 0.29) is 29.3 Å². The van der Waals surface area contributed by atoms with Crippen molar-refractivity contribution < 1.29 is 24.8 Å². The van der Waals surface area contributed by atoms with Crippen molar-refractivity contribution in [3.63, 3.8) is 0 Å². The Morgan fingerprint density at radius 1 is 1.03 bits per heavy atom. The lowest BCUT2D eigenvalue weighted by molar-refractivity contribution is -0.258. The van der Waals surface area contributed by atoms with Crippen molar-refractivity contribution in [1.29, 1.82) is 0 Å². The minimum Gasteiger partial charge on any atom is -0.431 e. The van der Waals surface area contributed by atoms with Gasteiger partial charge in [0.1, 0.15) is 0 Å². The first-order valence-electron chi connectivity index (χ1n) is 11.5. The van der Waals surface area contributed by atoms with Gasteiger partial charge in [0.2, 0.25) is 0 Å². The SMILES string of the molecule is C[C@]12[C@H](CC(O)C3[C@@H]1CC[C@]1(C)[C@@H](c4ccc(=O)oc4)CC[C@]31O)C[C@@H](O)C[C@H]2O. The third-order valence-corrected chi connectivity index (χ3v) is 10.0. The van der Waals surface area contributed by atoms with E-state index >= 15 is 0 Å². The van der Waals surface area contributed by atoms with Crippen LogP contribution in [0.25, 0.3) is 0 Å². The van der Waals surface area contributed by atoms with E-state index in [1.165, 1.54) is 12.3 Å². The van der Waals surface area contributed by atoms with Gasteiger partial charge in [-0.15, -0.1) is 0 Å². The van der Waals surface area contributed by atoms with E-state index in [0.717, 1.165) is 24.8 Å². The molecular weight excluding hydrogens is 384 g/mol. The lowest BCUT2D eigenvalue weighted by Crippen LogP contribution is -2.68. The molecule has 6 heteroatoms. The van der Waals surface area contributed by atoms with E-state index < -0.39 is 34.7 Å². The molecule has 6 nitrogen and oxygen atoms in total. The van der Waals surface area contributed by atoms with E-state index in [1.807, 2.05) is 0 Å². The second-order valence-electron chi connectivity index (χ2n) is 11.0. The lowest BCUT2D eigenvalue weighted by Gasteiger charge is -2.65. The van der Waals surface area contributed by atoms with Gasteiger partial charge in [-0.2, -0.15) is 0 Å². The Kier molecular flexibility index (Phi) is 4.58. The van der Waals surface area contributed by atoms with E-state index in [9.17, 15) is 25.2 Å². The summed E-state index contributed by atoms with van der Waals surface area (Å²) in [4.78, 5) is 11.4. The van der Waals surface area contributed by atoms with Gasteiger partial charge in [-0.25, -0.2) is 4.79 Å². The monoisotopic (exact) mass is 418 g/mol. The molecule has 166 valence electrons. The molecule has 4 saturated carbocycles. The number of aliphatic hydroxyl groups excluding tert-OH is 3. The quantitative estimate of drug-likeness (QED) is 0.556. The fraction of sp³-hybridized carbons (Fsp3) is 0.792. The molecule has 4 aliphatic carbocycles. The minimum absolute atomic E-state index is 0.0132. The average molecular weight is 419 g/mol. The Balaban J connectivity index is 1.54. The van der Waals surface area contributed by atoms with E-state index in [4.69, 9.17) is 4.42 Å². The van der Waals surface area contributed by atoms with E-state index in [1.54, 1.807) is 6.07 Å². The highest BCUT2D eigenvalue weighted by atomic mass is 16.4. The zero-order valence-corrected chi connectivity index (χ0v) is 17.8. The smallest absolute Gasteiger partial charge is 0.335 e. The largest absolute Gasteiger partial charge is 0.431 e. The van der Waals surface area contributed by atoms with Gasteiger partial charge in [-0.05, 0) is 79.7 Å². The summed E-state index contributed by atoms with van der Waals surface area (Å²) in [6, 6.07) is 3.24. The van der Waals surface area contributed by atoms with E-state index in [2.05, 4.69) is 13.8 Å². The zero-order valence-electron chi connectivity index (χ0n) is 17.8. The molecule has 4 aliphatic rings. The summed E-state index contributed by atoms with van der Waals surface area (Å²) in [5.41, 5.74) is -1.33. The second-order valence-corrected chi connectivity index (χ2v) is 11.0. The highest BCUT2D eigenvalue weighted by Crippen LogP contribution is 2.70. The maximum atomic E-state index is 12.2. The fourth-order valence-electron chi connectivity index (χ4n) is 8.36. The highest BCUT2D eigenvalue weighted by molar-refractivity contribution is 5.28. The maximum Gasteiger partial charge on any atom is 0.335 e. The summed E-state index contributed by atoms with van der Waals surface area (Å²) in [7, 11) is 0. The van der Waals surface area contributed by atoms with Crippen LogP contribution in [0.3, 0.4) is 0 Å². The molecule has 30 heavy (non-hydrogen) atoms. The summed E-state index contributed by atoms with van der Waals surface area (Å²) >= 11 is 0. The van der Waals surface area contributed by atoms with Gasteiger partial charge in [0.05, 0.1) is 30.2 Å². The van der Waals surface area contributed by atoms with Gasteiger partial charge in [-0.1, -0.05) is 13.8 Å². The van der Waals surface area contributed by atoms with Crippen LogP contribution >= 0.6 is 0 Å². The van der Waals surface area contributed by atoms with Gasteiger partial charge in [0.25, 0.3) is 0 Å². The zero-order chi connectivity index (χ0) is 21.5.